The predicted molar refractivity (Wildman–Crippen MR) is 120 cm³/mol. The maximum atomic E-state index is 12.9. The number of aryl methyl sites for hydroxylation is 2. The number of nitrogens with one attached hydrogen (secondary N) is 2. The van der Waals surface area contributed by atoms with Gasteiger partial charge in [0.1, 0.15) is 17.1 Å². The van der Waals surface area contributed by atoms with Crippen molar-refractivity contribution in [2.45, 2.75) is 32.2 Å². The van der Waals surface area contributed by atoms with Crippen molar-refractivity contribution in [1.29, 1.82) is 0 Å². The molecule has 2 heterocycles. The van der Waals surface area contributed by atoms with Crippen LogP contribution in [0.15, 0.2) is 29.3 Å². The molecule has 2 aromatic heterocycles. The van der Waals surface area contributed by atoms with Crippen molar-refractivity contribution in [1.82, 2.24) is 14.9 Å². The summed E-state index contributed by atoms with van der Waals surface area (Å²) in [5.74, 6) is -0.367. The number of fused-ring (bicyclic) bond motifs is 3. The van der Waals surface area contributed by atoms with Crippen molar-refractivity contribution >= 4 is 50.7 Å². The fourth-order valence-corrected chi connectivity index (χ4v) is 5.11. The standard InChI is InChI=1S/C21H21ClN4O4S/c1-30-15-7-6-12(8-14(15)22)25-17(27)9-23-18(28)10-26-11-24-20-19(21(26)29)13-4-2-3-5-16(13)31-20/h6-8,11H,2-5,9-10H2,1H3,(H,23,28)(H,25,27). The molecule has 0 bridgehead atoms. The molecule has 0 atom stereocenters. The largest absolute Gasteiger partial charge is 0.495 e. The summed E-state index contributed by atoms with van der Waals surface area (Å²) in [5, 5.41) is 6.16. The Labute approximate surface area is 187 Å². The third kappa shape index (κ3) is 4.57. The quantitative estimate of drug-likeness (QED) is 0.588. The lowest BCUT2D eigenvalue weighted by atomic mass is 9.97. The molecule has 8 nitrogen and oxygen atoms in total. The van der Waals surface area contributed by atoms with E-state index in [2.05, 4.69) is 15.6 Å². The van der Waals surface area contributed by atoms with E-state index in [0.29, 0.717) is 21.8 Å². The molecule has 2 N–H and O–H groups in total. The van der Waals surface area contributed by atoms with Crippen LogP contribution in [0.3, 0.4) is 0 Å². The number of carbonyl (C=O) groups excluding carboxylic acids is 2. The molecular formula is C21H21ClN4O4S. The molecule has 2 amide bonds. The second kappa shape index (κ2) is 9.07. The second-order valence-electron chi connectivity index (χ2n) is 7.24. The van der Waals surface area contributed by atoms with Crippen LogP contribution in [0, 0.1) is 0 Å². The molecule has 162 valence electrons. The van der Waals surface area contributed by atoms with Gasteiger partial charge in [0, 0.05) is 10.6 Å². The molecule has 0 saturated carbocycles. The first-order chi connectivity index (χ1) is 15.0. The number of hydrogen-bond acceptors (Lipinski definition) is 6. The highest BCUT2D eigenvalue weighted by Crippen LogP contribution is 2.33. The summed E-state index contributed by atoms with van der Waals surface area (Å²) >= 11 is 7.60. The van der Waals surface area contributed by atoms with Crippen LogP contribution in [0.5, 0.6) is 5.75 Å². The minimum absolute atomic E-state index is 0.200. The molecule has 1 aromatic carbocycles. The average Bonchev–Trinajstić information content (AvgIpc) is 3.14. The van der Waals surface area contributed by atoms with Crippen molar-refractivity contribution in [3.05, 3.63) is 50.3 Å². The van der Waals surface area contributed by atoms with E-state index in [9.17, 15) is 14.4 Å². The number of thiophene rings is 1. The van der Waals surface area contributed by atoms with Gasteiger partial charge in [0.15, 0.2) is 0 Å². The maximum Gasteiger partial charge on any atom is 0.262 e. The first-order valence-corrected chi connectivity index (χ1v) is 11.1. The molecule has 31 heavy (non-hydrogen) atoms. The van der Waals surface area contributed by atoms with Gasteiger partial charge in [0.2, 0.25) is 11.8 Å². The summed E-state index contributed by atoms with van der Waals surface area (Å²) in [5.41, 5.74) is 1.35. The van der Waals surface area contributed by atoms with E-state index in [1.165, 1.54) is 22.9 Å². The van der Waals surface area contributed by atoms with E-state index in [4.69, 9.17) is 16.3 Å². The monoisotopic (exact) mass is 460 g/mol. The molecule has 0 spiro atoms. The van der Waals surface area contributed by atoms with Crippen LogP contribution in [-0.4, -0.2) is 35.0 Å². The zero-order chi connectivity index (χ0) is 22.0. The number of benzene rings is 1. The van der Waals surface area contributed by atoms with E-state index in [1.54, 1.807) is 29.5 Å². The third-order valence-electron chi connectivity index (χ3n) is 5.14. The van der Waals surface area contributed by atoms with Gasteiger partial charge in [0.25, 0.3) is 5.56 Å². The van der Waals surface area contributed by atoms with Crippen LogP contribution in [0.25, 0.3) is 10.2 Å². The SMILES string of the molecule is COc1ccc(NC(=O)CNC(=O)Cn2cnc3sc4c(c3c2=O)CCCC4)cc1Cl. The van der Waals surface area contributed by atoms with Crippen LogP contribution in [0.2, 0.25) is 5.02 Å². The van der Waals surface area contributed by atoms with Crippen LogP contribution >= 0.6 is 22.9 Å². The predicted octanol–water partition coefficient (Wildman–Crippen LogP) is 2.75. The van der Waals surface area contributed by atoms with Crippen molar-refractivity contribution in [2.75, 3.05) is 19.0 Å². The highest BCUT2D eigenvalue weighted by Gasteiger charge is 2.20. The fourth-order valence-electron chi connectivity index (χ4n) is 3.63. The second-order valence-corrected chi connectivity index (χ2v) is 8.73. The van der Waals surface area contributed by atoms with E-state index in [-0.39, 0.29) is 18.6 Å². The Morgan fingerprint density at radius 2 is 2.06 bits per heavy atom. The highest BCUT2D eigenvalue weighted by atomic mass is 35.5. The summed E-state index contributed by atoms with van der Waals surface area (Å²) < 4.78 is 6.36. The van der Waals surface area contributed by atoms with Crippen molar-refractivity contribution in [3.63, 3.8) is 0 Å². The first kappa shape index (κ1) is 21.3. The summed E-state index contributed by atoms with van der Waals surface area (Å²) in [6.07, 6.45) is 5.43. The van der Waals surface area contributed by atoms with Crippen LogP contribution in [-0.2, 0) is 29.0 Å². The summed E-state index contributed by atoms with van der Waals surface area (Å²) in [4.78, 5) is 43.7. The minimum Gasteiger partial charge on any atom is -0.495 e. The molecule has 0 aliphatic heterocycles. The number of rotatable bonds is 6. The Hall–Kier alpha value is -2.91. The van der Waals surface area contributed by atoms with Gasteiger partial charge in [-0.2, -0.15) is 0 Å². The maximum absolute atomic E-state index is 12.9. The lowest BCUT2D eigenvalue weighted by Gasteiger charge is -2.11. The number of hydrogen-bond donors (Lipinski definition) is 2. The van der Waals surface area contributed by atoms with Gasteiger partial charge in [-0.3, -0.25) is 19.0 Å². The molecule has 10 heteroatoms. The number of carbonyl (C=O) groups is 2. The third-order valence-corrected chi connectivity index (χ3v) is 6.63. The van der Waals surface area contributed by atoms with E-state index >= 15 is 0 Å². The molecule has 0 unspecified atom stereocenters. The molecule has 0 fully saturated rings. The van der Waals surface area contributed by atoms with Gasteiger partial charge in [-0.05, 0) is 49.4 Å². The summed E-state index contributed by atoms with van der Waals surface area (Å²) in [6, 6.07) is 4.84. The van der Waals surface area contributed by atoms with Gasteiger partial charge in [-0.1, -0.05) is 11.6 Å². The number of amides is 2. The van der Waals surface area contributed by atoms with Gasteiger partial charge in [-0.25, -0.2) is 4.98 Å². The van der Waals surface area contributed by atoms with E-state index < -0.39 is 11.8 Å². The van der Waals surface area contributed by atoms with Gasteiger partial charge >= 0.3 is 0 Å². The molecule has 1 aliphatic carbocycles. The Morgan fingerprint density at radius 1 is 1.26 bits per heavy atom. The lowest BCUT2D eigenvalue weighted by Crippen LogP contribution is -2.37. The van der Waals surface area contributed by atoms with Gasteiger partial charge in [0.05, 0.1) is 30.4 Å². The zero-order valence-corrected chi connectivity index (χ0v) is 18.4. The smallest absolute Gasteiger partial charge is 0.262 e. The topological polar surface area (TPSA) is 102 Å². The van der Waals surface area contributed by atoms with Crippen LogP contribution in [0.4, 0.5) is 5.69 Å². The van der Waals surface area contributed by atoms with E-state index in [0.717, 1.165) is 36.1 Å². The summed E-state index contributed by atoms with van der Waals surface area (Å²) in [6.45, 7) is -0.436. The lowest BCUT2D eigenvalue weighted by molar-refractivity contribution is -0.124. The molecule has 1 aliphatic rings. The van der Waals surface area contributed by atoms with Crippen molar-refractivity contribution < 1.29 is 14.3 Å². The number of aromatic nitrogens is 2. The zero-order valence-electron chi connectivity index (χ0n) is 16.9. The fraction of sp³-hybridized carbons (Fsp3) is 0.333. The van der Waals surface area contributed by atoms with Crippen LogP contribution in [0.1, 0.15) is 23.3 Å². The Kier molecular flexibility index (Phi) is 6.24. The number of nitrogens with zero attached hydrogens (tertiary/aromatic N) is 2. The van der Waals surface area contributed by atoms with Crippen molar-refractivity contribution in [3.8, 4) is 5.75 Å². The number of methoxy groups -OCH3 is 1. The minimum atomic E-state index is -0.449. The molecule has 4 rings (SSSR count). The molecule has 0 radical (unpaired) electrons. The Morgan fingerprint density at radius 3 is 2.84 bits per heavy atom. The van der Waals surface area contributed by atoms with Crippen molar-refractivity contribution in [2.24, 2.45) is 0 Å². The van der Waals surface area contributed by atoms with E-state index in [1.807, 2.05) is 0 Å². The number of halogens is 1. The average molecular weight is 461 g/mol. The summed E-state index contributed by atoms with van der Waals surface area (Å²) in [7, 11) is 1.50. The molecular weight excluding hydrogens is 440 g/mol. The first-order valence-electron chi connectivity index (χ1n) is 9.86. The normalized spacial score (nSPS) is 13.0. The highest BCUT2D eigenvalue weighted by molar-refractivity contribution is 7.18. The Bertz CT molecular complexity index is 1220. The molecule has 0 saturated heterocycles. The number of ether oxygens (including phenoxy) is 1. The van der Waals surface area contributed by atoms with Gasteiger partial charge in [-0.15, -0.1) is 11.3 Å². The number of anilines is 1. The van der Waals surface area contributed by atoms with Gasteiger partial charge < -0.3 is 15.4 Å². The Balaban J connectivity index is 1.38. The van der Waals surface area contributed by atoms with Crippen LogP contribution < -0.4 is 20.9 Å². The molecule has 3 aromatic rings.